The summed E-state index contributed by atoms with van der Waals surface area (Å²) in [6.45, 7) is 6.84. The number of hydrogen-bond donors (Lipinski definition) is 3. The van der Waals surface area contributed by atoms with Crippen LogP contribution in [0.25, 0.3) is 0 Å². The fraction of sp³-hybridized carbons (Fsp3) is 0.391. The van der Waals surface area contributed by atoms with Gasteiger partial charge >= 0.3 is 0 Å². The minimum absolute atomic E-state index is 0.0307. The van der Waals surface area contributed by atoms with Crippen molar-refractivity contribution in [3.63, 3.8) is 0 Å². The summed E-state index contributed by atoms with van der Waals surface area (Å²) in [6.07, 6.45) is -0.176. The van der Waals surface area contributed by atoms with Crippen LogP contribution in [-0.2, 0) is 9.59 Å². The summed E-state index contributed by atoms with van der Waals surface area (Å²) >= 11 is 0. The highest BCUT2D eigenvalue weighted by Crippen LogP contribution is 2.32. The first-order valence-electron chi connectivity index (χ1n) is 10.4. The third kappa shape index (κ3) is 3.91. The van der Waals surface area contributed by atoms with Crippen molar-refractivity contribution >= 4 is 23.1 Å². The number of nitrogens with one attached hydrogen (secondary N) is 3. The Bertz CT molecular complexity index is 913. The van der Waals surface area contributed by atoms with E-state index in [9.17, 15) is 9.59 Å². The summed E-state index contributed by atoms with van der Waals surface area (Å²) in [5.74, 6) is -0.597. The second kappa shape index (κ2) is 8.45. The Morgan fingerprint density at radius 1 is 1.17 bits per heavy atom. The number of fused-ring (bicyclic) bond motifs is 1. The molecule has 0 radical (unpaired) electrons. The maximum atomic E-state index is 13.2. The number of benzene rings is 2. The normalized spacial score (nSPS) is 25.7. The van der Waals surface area contributed by atoms with E-state index in [0.717, 1.165) is 11.4 Å². The van der Waals surface area contributed by atoms with Gasteiger partial charge in [-0.1, -0.05) is 17.7 Å². The number of rotatable bonds is 5. The van der Waals surface area contributed by atoms with E-state index in [1.165, 1.54) is 5.56 Å². The van der Waals surface area contributed by atoms with E-state index >= 15 is 0 Å². The number of hydrazine groups is 1. The van der Waals surface area contributed by atoms with Crippen LogP contribution in [0.15, 0.2) is 48.5 Å². The third-order valence-electron chi connectivity index (χ3n) is 5.76. The molecule has 30 heavy (non-hydrogen) atoms. The molecule has 0 aliphatic carbocycles. The fourth-order valence-corrected chi connectivity index (χ4v) is 4.20. The van der Waals surface area contributed by atoms with Crippen LogP contribution >= 0.6 is 0 Å². The van der Waals surface area contributed by atoms with Crippen molar-refractivity contribution in [2.75, 3.05) is 23.5 Å². The van der Waals surface area contributed by atoms with Crippen molar-refractivity contribution in [3.05, 3.63) is 54.1 Å². The van der Waals surface area contributed by atoms with Crippen molar-refractivity contribution in [2.24, 2.45) is 11.8 Å². The number of carbonyl (C=O) groups excluding carboxylic acids is 2. The lowest BCUT2D eigenvalue weighted by atomic mass is 9.83. The van der Waals surface area contributed by atoms with Gasteiger partial charge < -0.3 is 10.1 Å². The molecular weight excluding hydrogens is 380 g/mol. The molecule has 2 saturated heterocycles. The van der Waals surface area contributed by atoms with Crippen LogP contribution in [0.4, 0.5) is 11.4 Å². The van der Waals surface area contributed by atoms with Gasteiger partial charge in [0.2, 0.25) is 5.91 Å². The smallest absolute Gasteiger partial charge is 0.236 e. The minimum atomic E-state index is -0.722. The van der Waals surface area contributed by atoms with E-state index in [4.69, 9.17) is 4.74 Å². The zero-order valence-electron chi connectivity index (χ0n) is 17.5. The number of Topliss-reactive ketones (excluding diaryl/α,β-unsaturated/α-hetero) is 1. The standard InChI is InChI=1S/C23H28N4O3/c1-4-30-18-11-7-16(8-12-18)25-23(29)19-13-24-22-20(21(19)28)15(3)26-27(22)17-9-5-14(2)6-10-17/h5-12,15,19-20,22,24,26H,4,13H2,1-3H3,(H,25,29). The Morgan fingerprint density at radius 2 is 1.87 bits per heavy atom. The molecule has 2 aliphatic heterocycles. The number of ketones is 1. The molecule has 4 unspecified atom stereocenters. The average Bonchev–Trinajstić information content (AvgIpc) is 3.08. The Kier molecular flexibility index (Phi) is 5.74. The molecule has 7 nitrogen and oxygen atoms in total. The molecule has 2 heterocycles. The van der Waals surface area contributed by atoms with Gasteiger partial charge in [0.25, 0.3) is 0 Å². The first kappa shape index (κ1) is 20.4. The molecule has 3 N–H and O–H groups in total. The number of nitrogens with zero attached hydrogens (tertiary/aromatic N) is 1. The third-order valence-corrected chi connectivity index (χ3v) is 5.76. The number of ether oxygens (including phenoxy) is 1. The maximum absolute atomic E-state index is 13.2. The van der Waals surface area contributed by atoms with Gasteiger partial charge in [-0.2, -0.15) is 0 Å². The van der Waals surface area contributed by atoms with Crippen molar-refractivity contribution < 1.29 is 14.3 Å². The van der Waals surface area contributed by atoms with E-state index in [1.54, 1.807) is 24.3 Å². The van der Waals surface area contributed by atoms with Gasteiger partial charge in [0.05, 0.1) is 18.2 Å². The summed E-state index contributed by atoms with van der Waals surface area (Å²) in [6, 6.07) is 15.3. The summed E-state index contributed by atoms with van der Waals surface area (Å²) < 4.78 is 5.42. The topological polar surface area (TPSA) is 82.7 Å². The molecule has 0 aromatic heterocycles. The first-order chi connectivity index (χ1) is 14.5. The molecule has 0 bridgehead atoms. The highest BCUT2D eigenvalue weighted by Gasteiger charge is 2.50. The summed E-state index contributed by atoms with van der Waals surface area (Å²) in [7, 11) is 0. The van der Waals surface area contributed by atoms with Crippen molar-refractivity contribution in [2.45, 2.75) is 33.0 Å². The predicted octanol–water partition coefficient (Wildman–Crippen LogP) is 2.48. The lowest BCUT2D eigenvalue weighted by molar-refractivity contribution is -0.136. The second-order valence-corrected chi connectivity index (χ2v) is 7.90. The van der Waals surface area contributed by atoms with E-state index in [0.29, 0.717) is 18.8 Å². The average molecular weight is 409 g/mol. The SMILES string of the molecule is CCOc1ccc(NC(=O)C2CNC3C(C2=O)C(C)NN3c2ccc(C)cc2)cc1. The Hall–Kier alpha value is -2.90. The molecule has 4 atom stereocenters. The Labute approximate surface area is 176 Å². The van der Waals surface area contributed by atoms with Gasteiger partial charge in [-0.25, -0.2) is 5.43 Å². The van der Waals surface area contributed by atoms with Crippen molar-refractivity contribution in [1.29, 1.82) is 0 Å². The molecule has 2 fully saturated rings. The van der Waals surface area contributed by atoms with Crippen LogP contribution in [0, 0.1) is 18.8 Å². The highest BCUT2D eigenvalue weighted by molar-refractivity contribution is 6.09. The van der Waals surface area contributed by atoms with Gasteiger partial charge in [0.1, 0.15) is 17.8 Å². The first-order valence-corrected chi connectivity index (χ1v) is 10.4. The Morgan fingerprint density at radius 3 is 2.53 bits per heavy atom. The zero-order valence-corrected chi connectivity index (χ0v) is 17.5. The van der Waals surface area contributed by atoms with Gasteiger partial charge in [-0.05, 0) is 57.2 Å². The molecule has 0 spiro atoms. The van der Waals surface area contributed by atoms with E-state index < -0.39 is 5.92 Å². The summed E-state index contributed by atoms with van der Waals surface area (Å²) in [5, 5.41) is 8.28. The largest absolute Gasteiger partial charge is 0.494 e. The van der Waals surface area contributed by atoms with Crippen LogP contribution < -0.4 is 25.8 Å². The van der Waals surface area contributed by atoms with Crippen molar-refractivity contribution in [1.82, 2.24) is 10.7 Å². The molecule has 1 amide bonds. The van der Waals surface area contributed by atoms with Gasteiger partial charge in [-0.15, -0.1) is 0 Å². The molecular formula is C23H28N4O3. The molecule has 4 rings (SSSR count). The monoisotopic (exact) mass is 408 g/mol. The van der Waals surface area contributed by atoms with Crippen LogP contribution in [0.1, 0.15) is 19.4 Å². The number of piperidine rings is 1. The molecule has 7 heteroatoms. The van der Waals surface area contributed by atoms with Crippen molar-refractivity contribution in [3.8, 4) is 5.75 Å². The van der Waals surface area contributed by atoms with Crippen LogP contribution in [0.5, 0.6) is 5.75 Å². The number of carbonyl (C=O) groups is 2. The molecule has 158 valence electrons. The summed E-state index contributed by atoms with van der Waals surface area (Å²) in [5.41, 5.74) is 6.22. The maximum Gasteiger partial charge on any atom is 0.236 e. The lowest BCUT2D eigenvalue weighted by Crippen LogP contribution is -2.58. The summed E-state index contributed by atoms with van der Waals surface area (Å²) in [4.78, 5) is 26.1. The lowest BCUT2D eigenvalue weighted by Gasteiger charge is -2.35. The number of aryl methyl sites for hydroxylation is 1. The second-order valence-electron chi connectivity index (χ2n) is 7.90. The molecule has 2 aromatic carbocycles. The minimum Gasteiger partial charge on any atom is -0.494 e. The molecule has 2 aliphatic rings. The fourth-order valence-electron chi connectivity index (χ4n) is 4.20. The predicted molar refractivity (Wildman–Crippen MR) is 116 cm³/mol. The van der Waals surface area contributed by atoms with Crippen LogP contribution in [0.2, 0.25) is 0 Å². The van der Waals surface area contributed by atoms with Crippen LogP contribution in [0.3, 0.4) is 0 Å². The zero-order chi connectivity index (χ0) is 21.3. The van der Waals surface area contributed by atoms with Gasteiger partial charge in [0.15, 0.2) is 5.78 Å². The van der Waals surface area contributed by atoms with E-state index in [-0.39, 0.29) is 29.8 Å². The van der Waals surface area contributed by atoms with Gasteiger partial charge in [-0.3, -0.25) is 19.9 Å². The van der Waals surface area contributed by atoms with Gasteiger partial charge in [0, 0.05) is 18.3 Å². The quantitative estimate of drug-likeness (QED) is 0.660. The number of amides is 1. The Balaban J connectivity index is 1.45. The highest BCUT2D eigenvalue weighted by atomic mass is 16.5. The molecule has 2 aromatic rings. The van der Waals surface area contributed by atoms with Crippen LogP contribution in [-0.4, -0.2) is 37.0 Å². The number of hydrogen-bond acceptors (Lipinski definition) is 6. The number of anilines is 2. The molecule has 0 saturated carbocycles. The van der Waals surface area contributed by atoms with E-state index in [1.807, 2.05) is 50.0 Å². The van der Waals surface area contributed by atoms with E-state index in [2.05, 4.69) is 16.1 Å².